The molecule has 0 N–H and O–H groups in total. The van der Waals surface area contributed by atoms with E-state index < -0.39 is 11.7 Å². The van der Waals surface area contributed by atoms with Gasteiger partial charge in [0.1, 0.15) is 0 Å². The van der Waals surface area contributed by atoms with Crippen molar-refractivity contribution in [2.24, 2.45) is 0 Å². The van der Waals surface area contributed by atoms with Crippen LogP contribution in [0, 0.1) is 0 Å². The summed E-state index contributed by atoms with van der Waals surface area (Å²) in [5, 5.41) is 2.24. The Morgan fingerprint density at radius 1 is 0.938 bits per heavy atom. The lowest BCUT2D eigenvalue weighted by molar-refractivity contribution is -0.137. The lowest BCUT2D eigenvalue weighted by Crippen LogP contribution is -2.30. The highest BCUT2D eigenvalue weighted by atomic mass is 19.4. The maximum Gasteiger partial charge on any atom is 0.416 e. The van der Waals surface area contributed by atoms with Gasteiger partial charge in [-0.15, -0.1) is 0 Å². The average molecular weight is 441 g/mol. The average Bonchev–Trinajstić information content (AvgIpc) is 2.81. The molecular weight excluding hydrogens is 415 g/mol. The van der Waals surface area contributed by atoms with Crippen molar-refractivity contribution in [3.8, 4) is 11.5 Å². The first kappa shape index (κ1) is 22.2. The van der Waals surface area contributed by atoms with Crippen molar-refractivity contribution in [3.63, 3.8) is 0 Å². The molecule has 32 heavy (non-hydrogen) atoms. The number of hydrogen-bond donors (Lipinski definition) is 0. The number of ether oxygens (including phenoxy) is 2. The zero-order chi connectivity index (χ0) is 22.7. The summed E-state index contributed by atoms with van der Waals surface area (Å²) in [6.45, 7) is 2.43. The number of methoxy groups -OCH3 is 2. The number of fused-ring (bicyclic) bond motifs is 1. The number of nitrogens with zero attached hydrogens (tertiary/aromatic N) is 1. The molecule has 1 aliphatic heterocycles. The van der Waals surface area contributed by atoms with Gasteiger partial charge in [-0.25, -0.2) is 0 Å². The Kier molecular flexibility index (Phi) is 6.42. The van der Waals surface area contributed by atoms with Crippen LogP contribution in [0.4, 0.5) is 13.2 Å². The predicted octanol–water partition coefficient (Wildman–Crippen LogP) is 6.21. The third-order valence-electron chi connectivity index (χ3n) is 6.03. The Morgan fingerprint density at radius 3 is 2.38 bits per heavy atom. The van der Waals surface area contributed by atoms with Crippen LogP contribution in [-0.2, 0) is 12.6 Å². The Morgan fingerprint density at radius 2 is 1.69 bits per heavy atom. The fraction of sp³-hybridized carbons (Fsp3) is 0.308. The molecule has 0 atom stereocenters. The molecule has 0 amide bonds. The summed E-state index contributed by atoms with van der Waals surface area (Å²) in [6.07, 6.45) is -0.653. The van der Waals surface area contributed by atoms with Crippen molar-refractivity contribution in [1.29, 1.82) is 0 Å². The minimum absolute atomic E-state index is 0.596. The number of benzene rings is 3. The predicted molar refractivity (Wildman–Crippen MR) is 121 cm³/mol. The molecule has 0 aliphatic carbocycles. The van der Waals surface area contributed by atoms with E-state index in [9.17, 15) is 13.2 Å². The van der Waals surface area contributed by atoms with Crippen LogP contribution in [0.1, 0.15) is 23.1 Å². The first-order valence-electron chi connectivity index (χ1n) is 10.6. The molecule has 0 aromatic heterocycles. The molecule has 0 bridgehead atoms. The Labute approximate surface area is 186 Å². The van der Waals surface area contributed by atoms with E-state index in [1.54, 1.807) is 20.3 Å². The third kappa shape index (κ3) is 4.75. The molecule has 1 aliphatic rings. The summed E-state index contributed by atoms with van der Waals surface area (Å²) >= 11 is 0. The zero-order valence-corrected chi connectivity index (χ0v) is 18.2. The van der Waals surface area contributed by atoms with Gasteiger partial charge in [0, 0.05) is 19.6 Å². The number of alkyl halides is 3. The van der Waals surface area contributed by atoms with E-state index in [1.165, 1.54) is 17.7 Å². The van der Waals surface area contributed by atoms with Crippen molar-refractivity contribution in [2.75, 3.05) is 33.9 Å². The van der Waals surface area contributed by atoms with Gasteiger partial charge >= 0.3 is 6.18 Å². The quantitative estimate of drug-likeness (QED) is 0.454. The number of halogens is 3. The van der Waals surface area contributed by atoms with E-state index in [1.807, 2.05) is 18.2 Å². The van der Waals surface area contributed by atoms with Gasteiger partial charge in [0.15, 0.2) is 11.5 Å². The summed E-state index contributed by atoms with van der Waals surface area (Å²) < 4.78 is 49.9. The van der Waals surface area contributed by atoms with Gasteiger partial charge in [-0.1, -0.05) is 36.4 Å². The fourth-order valence-corrected chi connectivity index (χ4v) is 4.24. The van der Waals surface area contributed by atoms with Gasteiger partial charge in [-0.3, -0.25) is 4.90 Å². The molecule has 3 aromatic rings. The number of rotatable bonds is 6. The van der Waals surface area contributed by atoms with E-state index in [4.69, 9.17) is 9.47 Å². The molecule has 6 heteroatoms. The molecule has 0 saturated carbocycles. The van der Waals surface area contributed by atoms with Crippen molar-refractivity contribution in [2.45, 2.75) is 19.0 Å². The summed E-state index contributed by atoms with van der Waals surface area (Å²) in [5.74, 6) is 1.42. The molecule has 0 unspecified atom stereocenters. The first-order valence-corrected chi connectivity index (χ1v) is 10.6. The van der Waals surface area contributed by atoms with E-state index in [-0.39, 0.29) is 0 Å². The maximum absolute atomic E-state index is 13.0. The standard InChI is InChI=1S/C26H26F3NO2/c1-31-24-16-21-7-3-5-19(23(21)17-25(24)32-2)11-14-30-12-9-18(10-13-30)20-6-4-8-22(15-20)26(27,28)29/h3-9,15-17H,10-14H2,1-2H3. The van der Waals surface area contributed by atoms with Gasteiger partial charge < -0.3 is 9.47 Å². The molecule has 3 aromatic carbocycles. The zero-order valence-electron chi connectivity index (χ0n) is 18.2. The van der Waals surface area contributed by atoms with Gasteiger partial charge in [-0.05, 0) is 64.6 Å². The maximum atomic E-state index is 13.0. The SMILES string of the molecule is COc1cc2cccc(CCN3CC=C(c4cccc(C(F)(F)F)c4)CC3)c2cc1OC. The topological polar surface area (TPSA) is 21.7 Å². The lowest BCUT2D eigenvalue weighted by Gasteiger charge is -2.27. The fourth-order valence-electron chi connectivity index (χ4n) is 4.24. The Hall–Kier alpha value is -2.99. The van der Waals surface area contributed by atoms with Crippen LogP contribution in [-0.4, -0.2) is 38.8 Å². The minimum Gasteiger partial charge on any atom is -0.493 e. The van der Waals surface area contributed by atoms with E-state index >= 15 is 0 Å². The van der Waals surface area contributed by atoms with Crippen molar-refractivity contribution in [1.82, 2.24) is 4.90 Å². The van der Waals surface area contributed by atoms with Crippen LogP contribution in [0.25, 0.3) is 16.3 Å². The largest absolute Gasteiger partial charge is 0.493 e. The van der Waals surface area contributed by atoms with Gasteiger partial charge in [0.2, 0.25) is 0 Å². The molecular formula is C26H26F3NO2. The lowest BCUT2D eigenvalue weighted by atomic mass is 9.97. The molecule has 4 rings (SSSR count). The van der Waals surface area contributed by atoms with Gasteiger partial charge in [0.05, 0.1) is 19.8 Å². The summed E-state index contributed by atoms with van der Waals surface area (Å²) in [6, 6.07) is 15.9. The third-order valence-corrected chi connectivity index (χ3v) is 6.03. The van der Waals surface area contributed by atoms with Crippen LogP contribution in [0.2, 0.25) is 0 Å². The van der Waals surface area contributed by atoms with E-state index in [0.717, 1.165) is 54.9 Å². The molecule has 0 radical (unpaired) electrons. The second-order valence-corrected chi connectivity index (χ2v) is 7.95. The van der Waals surface area contributed by atoms with Crippen LogP contribution in [0.3, 0.4) is 0 Å². The summed E-state index contributed by atoms with van der Waals surface area (Å²) in [5.41, 5.74) is 2.28. The Bertz CT molecular complexity index is 1140. The van der Waals surface area contributed by atoms with Crippen LogP contribution < -0.4 is 9.47 Å². The van der Waals surface area contributed by atoms with Crippen molar-refractivity contribution < 1.29 is 22.6 Å². The molecule has 3 nitrogen and oxygen atoms in total. The molecule has 0 fully saturated rings. The highest BCUT2D eigenvalue weighted by Gasteiger charge is 2.30. The van der Waals surface area contributed by atoms with Crippen molar-refractivity contribution in [3.05, 3.63) is 77.4 Å². The monoisotopic (exact) mass is 441 g/mol. The first-order chi connectivity index (χ1) is 15.4. The highest BCUT2D eigenvalue weighted by molar-refractivity contribution is 5.89. The number of hydrogen-bond acceptors (Lipinski definition) is 3. The van der Waals surface area contributed by atoms with E-state index in [2.05, 4.69) is 23.1 Å². The summed E-state index contributed by atoms with van der Waals surface area (Å²) in [7, 11) is 3.26. The van der Waals surface area contributed by atoms with Crippen molar-refractivity contribution >= 4 is 16.3 Å². The molecule has 0 saturated heterocycles. The van der Waals surface area contributed by atoms with Gasteiger partial charge in [0.25, 0.3) is 0 Å². The van der Waals surface area contributed by atoms with Gasteiger partial charge in [-0.2, -0.15) is 13.2 Å². The molecule has 168 valence electrons. The van der Waals surface area contributed by atoms with Crippen LogP contribution in [0.15, 0.2) is 60.7 Å². The molecule has 1 heterocycles. The van der Waals surface area contributed by atoms with E-state index in [0.29, 0.717) is 17.1 Å². The second kappa shape index (κ2) is 9.25. The summed E-state index contributed by atoms with van der Waals surface area (Å²) in [4.78, 5) is 2.33. The normalized spacial score (nSPS) is 15.0. The highest BCUT2D eigenvalue weighted by Crippen LogP contribution is 2.34. The minimum atomic E-state index is -4.32. The smallest absolute Gasteiger partial charge is 0.416 e. The van der Waals surface area contributed by atoms with Crippen LogP contribution >= 0.6 is 0 Å². The second-order valence-electron chi connectivity index (χ2n) is 7.95. The molecule has 0 spiro atoms. The van der Waals surface area contributed by atoms with Crippen LogP contribution in [0.5, 0.6) is 11.5 Å². The Balaban J connectivity index is 1.45.